The van der Waals surface area contributed by atoms with Crippen LogP contribution >= 0.6 is 11.3 Å². The summed E-state index contributed by atoms with van der Waals surface area (Å²) in [4.78, 5) is 28.6. The minimum absolute atomic E-state index is 0.0186. The number of aliphatic hydroxyl groups excluding tert-OH is 1. The van der Waals surface area contributed by atoms with Crippen molar-refractivity contribution in [1.82, 2.24) is 10.3 Å². The Bertz CT molecular complexity index is 739. The second kappa shape index (κ2) is 10.9. The predicted octanol–water partition coefficient (Wildman–Crippen LogP) is 4.66. The second-order valence-electron chi connectivity index (χ2n) is 9.95. The highest BCUT2D eigenvalue weighted by Gasteiger charge is 2.38. The number of amides is 1. The van der Waals surface area contributed by atoms with Crippen LogP contribution in [-0.4, -0.2) is 55.4 Å². The van der Waals surface area contributed by atoms with Gasteiger partial charge in [0.05, 0.1) is 25.4 Å². The quantitative estimate of drug-likeness (QED) is 0.396. The number of carbonyl (C=O) groups is 2. The summed E-state index contributed by atoms with van der Waals surface area (Å²) in [6, 6.07) is -0.638. The van der Waals surface area contributed by atoms with E-state index in [0.717, 1.165) is 0 Å². The lowest BCUT2D eigenvalue weighted by Gasteiger charge is -2.37. The molecule has 0 spiro atoms. The van der Waals surface area contributed by atoms with Crippen molar-refractivity contribution in [3.8, 4) is 0 Å². The summed E-state index contributed by atoms with van der Waals surface area (Å²) >= 11 is 1.22. The van der Waals surface area contributed by atoms with Crippen LogP contribution in [0.5, 0.6) is 0 Å². The minimum atomic E-state index is -2.03. The van der Waals surface area contributed by atoms with Gasteiger partial charge in [0.15, 0.2) is 14.0 Å². The van der Waals surface area contributed by atoms with Gasteiger partial charge >= 0.3 is 12.1 Å². The van der Waals surface area contributed by atoms with E-state index in [1.807, 2.05) is 0 Å². The fraction of sp³-hybridized carbons (Fsp3) is 0.762. The molecule has 0 saturated carbocycles. The van der Waals surface area contributed by atoms with Crippen molar-refractivity contribution in [1.29, 1.82) is 0 Å². The Morgan fingerprint density at radius 1 is 1.23 bits per heavy atom. The topological polar surface area (TPSA) is 107 Å². The molecule has 0 radical (unpaired) electrons. The maximum atomic E-state index is 12.4. The Hall–Kier alpha value is -1.49. The fourth-order valence-electron chi connectivity index (χ4n) is 2.28. The summed E-state index contributed by atoms with van der Waals surface area (Å²) in [5.41, 5.74) is -0.498. The van der Waals surface area contributed by atoms with Gasteiger partial charge in [-0.1, -0.05) is 20.8 Å². The Morgan fingerprint density at radius 3 is 2.35 bits per heavy atom. The number of aliphatic hydroxyl groups is 1. The number of nitrogens with one attached hydrogen (secondary N) is 1. The second-order valence-corrected chi connectivity index (χ2v) is 15.7. The smallest absolute Gasteiger partial charge is 0.408 e. The largest absolute Gasteiger partial charge is 0.461 e. The van der Waals surface area contributed by atoms with E-state index in [2.05, 4.69) is 44.2 Å². The molecule has 2 N–H and O–H groups in total. The predicted molar refractivity (Wildman–Crippen MR) is 124 cm³/mol. The number of hydrogen-bond donors (Lipinski definition) is 2. The zero-order valence-corrected chi connectivity index (χ0v) is 22.0. The number of carbonyl (C=O) groups excluding carboxylic acids is 2. The summed E-state index contributed by atoms with van der Waals surface area (Å²) in [6.45, 7) is 18.0. The van der Waals surface area contributed by atoms with Gasteiger partial charge < -0.3 is 24.3 Å². The van der Waals surface area contributed by atoms with Crippen LogP contribution in [0.25, 0.3) is 0 Å². The van der Waals surface area contributed by atoms with Crippen LogP contribution in [0.2, 0.25) is 18.1 Å². The third-order valence-electron chi connectivity index (χ3n) is 4.95. The number of nitrogens with zero attached hydrogens (tertiary/aromatic N) is 1. The molecule has 1 heterocycles. The molecule has 0 bridgehead atoms. The summed E-state index contributed by atoms with van der Waals surface area (Å²) in [5, 5.41) is 15.5. The van der Waals surface area contributed by atoms with E-state index in [9.17, 15) is 14.7 Å². The Morgan fingerprint density at radius 2 is 1.84 bits per heavy atom. The third kappa shape index (κ3) is 9.26. The normalized spacial score (nSPS) is 14.6. The van der Waals surface area contributed by atoms with Crippen molar-refractivity contribution in [3.63, 3.8) is 0 Å². The molecule has 1 rings (SSSR count). The Kier molecular flexibility index (Phi) is 9.67. The lowest BCUT2D eigenvalue weighted by atomic mass is 10.1. The number of thiazole rings is 1. The van der Waals surface area contributed by atoms with Crippen LogP contribution in [0.4, 0.5) is 4.79 Å². The lowest BCUT2D eigenvalue weighted by molar-refractivity contribution is 0.0454. The standard InChI is InChI=1S/C21H38N2O6SSi/c1-10-27-18(25)16-13-30-17(22-16)15(23-19(26)29-20(2,3)4)11-14(24)12-28-31(8,9)21(5,6)7/h13-15,24H,10-12H2,1-9H3,(H,23,26)/t14-,15+/m0/s1. The SMILES string of the molecule is CCOC(=O)c1csc([C@@H](C[C@H](O)CO[Si](C)(C)C(C)(C)C)NC(=O)OC(C)(C)C)n1. The van der Waals surface area contributed by atoms with Crippen LogP contribution in [0.1, 0.15) is 76.4 Å². The molecule has 0 fully saturated rings. The summed E-state index contributed by atoms with van der Waals surface area (Å²) < 4.78 is 16.4. The van der Waals surface area contributed by atoms with Gasteiger partial charge in [-0.05, 0) is 45.8 Å². The van der Waals surface area contributed by atoms with Gasteiger partial charge in [-0.15, -0.1) is 11.3 Å². The molecule has 10 heteroatoms. The van der Waals surface area contributed by atoms with Crippen LogP contribution in [-0.2, 0) is 13.9 Å². The van der Waals surface area contributed by atoms with Crippen LogP contribution in [0.15, 0.2) is 5.38 Å². The van der Waals surface area contributed by atoms with Crippen molar-refractivity contribution in [2.24, 2.45) is 0 Å². The molecule has 0 saturated heterocycles. The molecule has 178 valence electrons. The average Bonchev–Trinajstić information content (AvgIpc) is 3.07. The van der Waals surface area contributed by atoms with Crippen molar-refractivity contribution >= 4 is 31.7 Å². The van der Waals surface area contributed by atoms with E-state index in [-0.39, 0.29) is 30.4 Å². The van der Waals surface area contributed by atoms with Crippen molar-refractivity contribution in [2.75, 3.05) is 13.2 Å². The van der Waals surface area contributed by atoms with Crippen LogP contribution in [0.3, 0.4) is 0 Å². The maximum Gasteiger partial charge on any atom is 0.408 e. The van der Waals surface area contributed by atoms with Crippen molar-refractivity contribution < 1.29 is 28.6 Å². The summed E-state index contributed by atoms with van der Waals surface area (Å²) in [7, 11) is -2.03. The Labute approximate surface area is 190 Å². The fourth-order valence-corrected chi connectivity index (χ4v) is 4.17. The first-order chi connectivity index (χ1) is 14.1. The van der Waals surface area contributed by atoms with E-state index < -0.39 is 38.1 Å². The van der Waals surface area contributed by atoms with Crippen molar-refractivity contribution in [3.05, 3.63) is 16.1 Å². The third-order valence-corrected chi connectivity index (χ3v) is 10.4. The molecule has 0 aliphatic carbocycles. The number of alkyl carbamates (subject to hydrolysis) is 1. The molecule has 1 amide bonds. The van der Waals surface area contributed by atoms with Gasteiger partial charge in [0.2, 0.25) is 0 Å². The molecular formula is C21H38N2O6SSi. The van der Waals surface area contributed by atoms with E-state index in [1.54, 1.807) is 33.1 Å². The van der Waals surface area contributed by atoms with E-state index in [1.165, 1.54) is 11.3 Å². The highest BCUT2D eigenvalue weighted by molar-refractivity contribution is 7.09. The highest BCUT2D eigenvalue weighted by Crippen LogP contribution is 2.36. The van der Waals surface area contributed by atoms with E-state index in [0.29, 0.717) is 5.01 Å². The number of hydrogen-bond acceptors (Lipinski definition) is 8. The molecule has 0 aliphatic heterocycles. The van der Waals surface area contributed by atoms with Gasteiger partial charge in [-0.25, -0.2) is 14.6 Å². The zero-order chi connectivity index (χ0) is 24.0. The number of rotatable bonds is 9. The van der Waals surface area contributed by atoms with Gasteiger partial charge in [0.25, 0.3) is 0 Å². The first kappa shape index (κ1) is 27.5. The molecule has 1 aromatic rings. The lowest BCUT2D eigenvalue weighted by Crippen LogP contribution is -2.43. The van der Waals surface area contributed by atoms with E-state index >= 15 is 0 Å². The van der Waals surface area contributed by atoms with Gasteiger partial charge in [-0.2, -0.15) is 0 Å². The summed E-state index contributed by atoms with van der Waals surface area (Å²) in [6.07, 6.45) is -1.28. The molecular weight excluding hydrogens is 436 g/mol. The highest BCUT2D eigenvalue weighted by atomic mass is 32.1. The van der Waals surface area contributed by atoms with E-state index in [4.69, 9.17) is 13.9 Å². The molecule has 0 unspecified atom stereocenters. The zero-order valence-electron chi connectivity index (χ0n) is 20.2. The first-order valence-corrected chi connectivity index (χ1v) is 14.3. The average molecular weight is 475 g/mol. The Balaban J connectivity index is 2.95. The van der Waals surface area contributed by atoms with Crippen LogP contribution < -0.4 is 5.32 Å². The summed E-state index contributed by atoms with van der Waals surface area (Å²) in [5.74, 6) is -0.525. The molecule has 31 heavy (non-hydrogen) atoms. The molecule has 2 atom stereocenters. The van der Waals surface area contributed by atoms with Gasteiger partial charge in [0, 0.05) is 11.8 Å². The molecule has 0 aromatic carbocycles. The van der Waals surface area contributed by atoms with Gasteiger partial charge in [0.1, 0.15) is 10.6 Å². The molecule has 8 nitrogen and oxygen atoms in total. The maximum absolute atomic E-state index is 12.4. The monoisotopic (exact) mass is 474 g/mol. The van der Waals surface area contributed by atoms with Crippen LogP contribution in [0, 0.1) is 0 Å². The first-order valence-electron chi connectivity index (χ1n) is 10.5. The van der Waals surface area contributed by atoms with Crippen molar-refractivity contribution in [2.45, 2.75) is 90.8 Å². The minimum Gasteiger partial charge on any atom is -0.461 e. The van der Waals surface area contributed by atoms with Gasteiger partial charge in [-0.3, -0.25) is 0 Å². The number of esters is 1. The molecule has 1 aromatic heterocycles. The molecule has 0 aliphatic rings. The number of aromatic nitrogens is 1. The number of ether oxygens (including phenoxy) is 2.